The van der Waals surface area contributed by atoms with E-state index in [0.29, 0.717) is 5.02 Å². The van der Waals surface area contributed by atoms with Crippen molar-refractivity contribution in [2.45, 2.75) is 12.5 Å². The lowest BCUT2D eigenvalue weighted by Crippen LogP contribution is -2.19. The van der Waals surface area contributed by atoms with Gasteiger partial charge in [0.15, 0.2) is 0 Å². The van der Waals surface area contributed by atoms with E-state index in [4.69, 9.17) is 16.3 Å². The van der Waals surface area contributed by atoms with Crippen molar-refractivity contribution < 1.29 is 4.74 Å². The van der Waals surface area contributed by atoms with Gasteiger partial charge in [0.05, 0.1) is 7.11 Å². The van der Waals surface area contributed by atoms with Gasteiger partial charge in [-0.3, -0.25) is 0 Å². The fourth-order valence-corrected chi connectivity index (χ4v) is 2.88. The first-order chi connectivity index (χ1) is 8.74. The number of ether oxygens (including phenoxy) is 1. The molecule has 0 aliphatic heterocycles. The summed E-state index contributed by atoms with van der Waals surface area (Å²) < 4.78 is 5.41. The summed E-state index contributed by atoms with van der Waals surface area (Å²) in [5, 5.41) is 6.13. The smallest absolute Gasteiger partial charge is 0.125 e. The quantitative estimate of drug-likeness (QED) is 0.897. The van der Waals surface area contributed by atoms with E-state index >= 15 is 0 Å². The van der Waals surface area contributed by atoms with E-state index in [1.165, 1.54) is 4.88 Å². The first-order valence-electron chi connectivity index (χ1n) is 5.77. The Hall–Kier alpha value is -1.03. The third-order valence-electron chi connectivity index (χ3n) is 2.90. The van der Waals surface area contributed by atoms with E-state index in [-0.39, 0.29) is 6.04 Å². The lowest BCUT2D eigenvalue weighted by atomic mass is 10.0. The zero-order valence-corrected chi connectivity index (χ0v) is 12.0. The van der Waals surface area contributed by atoms with Crippen molar-refractivity contribution >= 4 is 22.9 Å². The van der Waals surface area contributed by atoms with Crippen LogP contribution in [0.3, 0.4) is 0 Å². The third-order valence-corrected chi connectivity index (χ3v) is 4.04. The van der Waals surface area contributed by atoms with E-state index in [1.54, 1.807) is 18.4 Å². The highest BCUT2D eigenvalue weighted by Crippen LogP contribution is 2.30. The van der Waals surface area contributed by atoms with Gasteiger partial charge in [0.2, 0.25) is 0 Å². The van der Waals surface area contributed by atoms with Gasteiger partial charge in [-0.05, 0) is 30.6 Å². The largest absolute Gasteiger partial charge is 0.496 e. The summed E-state index contributed by atoms with van der Waals surface area (Å²) in [6.45, 7) is 0. The number of benzene rings is 1. The van der Waals surface area contributed by atoms with Crippen LogP contribution in [-0.4, -0.2) is 14.2 Å². The number of hydrogen-bond donors (Lipinski definition) is 1. The number of nitrogens with one attached hydrogen (secondary N) is 1. The molecule has 0 bridgehead atoms. The van der Waals surface area contributed by atoms with Crippen LogP contribution in [0.1, 0.15) is 16.5 Å². The van der Waals surface area contributed by atoms with Crippen LogP contribution < -0.4 is 10.1 Å². The van der Waals surface area contributed by atoms with Crippen molar-refractivity contribution in [3.05, 3.63) is 51.2 Å². The summed E-state index contributed by atoms with van der Waals surface area (Å²) in [6.07, 6.45) is 0.951. The third kappa shape index (κ3) is 3.05. The topological polar surface area (TPSA) is 21.3 Å². The molecular weight excluding hydrogens is 266 g/mol. The minimum Gasteiger partial charge on any atom is -0.496 e. The maximum atomic E-state index is 5.99. The molecule has 1 aromatic carbocycles. The molecule has 0 saturated carbocycles. The van der Waals surface area contributed by atoms with Crippen LogP contribution in [0.2, 0.25) is 5.02 Å². The molecule has 4 heteroatoms. The number of thiophene rings is 1. The molecule has 1 N–H and O–H groups in total. The van der Waals surface area contributed by atoms with Gasteiger partial charge in [0.1, 0.15) is 5.75 Å². The Morgan fingerprint density at radius 3 is 2.83 bits per heavy atom. The Labute approximate surface area is 117 Å². The van der Waals surface area contributed by atoms with Crippen molar-refractivity contribution in [2.75, 3.05) is 14.2 Å². The number of rotatable bonds is 5. The Morgan fingerprint density at radius 1 is 1.39 bits per heavy atom. The van der Waals surface area contributed by atoms with E-state index in [9.17, 15) is 0 Å². The maximum Gasteiger partial charge on any atom is 0.125 e. The lowest BCUT2D eigenvalue weighted by molar-refractivity contribution is 0.401. The molecular formula is C14H16ClNOS. The molecule has 0 radical (unpaired) electrons. The molecule has 0 fully saturated rings. The highest BCUT2D eigenvalue weighted by atomic mass is 35.5. The number of halogens is 1. The molecule has 0 amide bonds. The predicted octanol–water partition coefficient (Wildman–Crippen LogP) is 3.91. The average molecular weight is 282 g/mol. The molecule has 1 aromatic heterocycles. The summed E-state index contributed by atoms with van der Waals surface area (Å²) in [5.41, 5.74) is 1.14. The molecule has 18 heavy (non-hydrogen) atoms. The molecule has 0 aliphatic carbocycles. The van der Waals surface area contributed by atoms with Gasteiger partial charge in [0, 0.05) is 27.9 Å². The van der Waals surface area contributed by atoms with E-state index < -0.39 is 0 Å². The van der Waals surface area contributed by atoms with Crippen molar-refractivity contribution in [3.63, 3.8) is 0 Å². The van der Waals surface area contributed by atoms with Gasteiger partial charge in [-0.25, -0.2) is 0 Å². The van der Waals surface area contributed by atoms with Crippen molar-refractivity contribution in [3.8, 4) is 5.75 Å². The second-order valence-corrected chi connectivity index (χ2v) is 5.48. The van der Waals surface area contributed by atoms with Crippen LogP contribution in [0.25, 0.3) is 0 Å². The molecule has 96 valence electrons. The molecule has 1 heterocycles. The Kier molecular flexibility index (Phi) is 4.64. The van der Waals surface area contributed by atoms with Crippen LogP contribution in [-0.2, 0) is 6.42 Å². The second kappa shape index (κ2) is 6.23. The van der Waals surface area contributed by atoms with Crippen LogP contribution in [0, 0.1) is 0 Å². The minimum absolute atomic E-state index is 0.232. The molecule has 1 atom stereocenters. The highest BCUT2D eigenvalue weighted by molar-refractivity contribution is 7.09. The fourth-order valence-electron chi connectivity index (χ4n) is 1.97. The van der Waals surface area contributed by atoms with Gasteiger partial charge in [-0.2, -0.15) is 0 Å². The predicted molar refractivity (Wildman–Crippen MR) is 77.8 cm³/mol. The summed E-state index contributed by atoms with van der Waals surface area (Å²) in [5.74, 6) is 0.832. The first-order valence-corrected chi connectivity index (χ1v) is 7.03. The Bertz CT molecular complexity index is 499. The minimum atomic E-state index is 0.232. The number of methoxy groups -OCH3 is 1. The Balaban J connectivity index is 2.26. The summed E-state index contributed by atoms with van der Waals surface area (Å²) >= 11 is 7.76. The van der Waals surface area contributed by atoms with Gasteiger partial charge < -0.3 is 10.1 Å². The average Bonchev–Trinajstić information content (AvgIpc) is 2.89. The highest BCUT2D eigenvalue weighted by Gasteiger charge is 2.15. The normalized spacial score (nSPS) is 12.4. The van der Waals surface area contributed by atoms with Crippen LogP contribution in [0.15, 0.2) is 35.7 Å². The van der Waals surface area contributed by atoms with E-state index in [1.807, 2.05) is 25.2 Å². The molecule has 2 nitrogen and oxygen atoms in total. The van der Waals surface area contributed by atoms with Gasteiger partial charge in [-0.15, -0.1) is 11.3 Å². The van der Waals surface area contributed by atoms with Crippen LogP contribution in [0.5, 0.6) is 5.75 Å². The molecule has 0 spiro atoms. The van der Waals surface area contributed by atoms with Gasteiger partial charge >= 0.3 is 0 Å². The SMILES string of the molecule is CNC(Cc1cccs1)c1ccc(Cl)cc1OC. The Morgan fingerprint density at radius 2 is 2.22 bits per heavy atom. The van der Waals surface area contributed by atoms with Crippen LogP contribution >= 0.6 is 22.9 Å². The van der Waals surface area contributed by atoms with Crippen molar-refractivity contribution in [1.29, 1.82) is 0 Å². The van der Waals surface area contributed by atoms with Crippen molar-refractivity contribution in [2.24, 2.45) is 0 Å². The van der Waals surface area contributed by atoms with Crippen molar-refractivity contribution in [1.82, 2.24) is 5.32 Å². The lowest BCUT2D eigenvalue weighted by Gasteiger charge is -2.19. The first kappa shape index (κ1) is 13.4. The molecule has 0 saturated heterocycles. The zero-order chi connectivity index (χ0) is 13.0. The molecule has 0 aliphatic rings. The van der Waals surface area contributed by atoms with E-state index in [2.05, 4.69) is 22.8 Å². The van der Waals surface area contributed by atoms with E-state index in [0.717, 1.165) is 17.7 Å². The standard InChI is InChI=1S/C14H16ClNOS/c1-16-13(9-11-4-3-7-18-11)12-6-5-10(15)8-14(12)17-2/h3-8,13,16H,9H2,1-2H3. The van der Waals surface area contributed by atoms with Crippen LogP contribution in [0.4, 0.5) is 0 Å². The number of hydrogen-bond acceptors (Lipinski definition) is 3. The zero-order valence-electron chi connectivity index (χ0n) is 10.4. The molecule has 1 unspecified atom stereocenters. The molecule has 2 aromatic rings. The maximum absolute atomic E-state index is 5.99. The second-order valence-electron chi connectivity index (χ2n) is 4.01. The molecule has 2 rings (SSSR count). The van der Waals surface area contributed by atoms with Gasteiger partial charge in [0.25, 0.3) is 0 Å². The monoisotopic (exact) mass is 281 g/mol. The summed E-state index contributed by atoms with van der Waals surface area (Å²) in [6, 6.07) is 10.2. The fraction of sp³-hybridized carbons (Fsp3) is 0.286. The van der Waals surface area contributed by atoms with Gasteiger partial charge in [-0.1, -0.05) is 23.7 Å². The number of likely N-dealkylation sites (N-methyl/N-ethyl adjacent to an activating group) is 1. The summed E-state index contributed by atoms with van der Waals surface area (Å²) in [7, 11) is 3.64. The summed E-state index contributed by atoms with van der Waals surface area (Å²) in [4.78, 5) is 1.35.